The van der Waals surface area contributed by atoms with Gasteiger partial charge in [0.15, 0.2) is 0 Å². The van der Waals surface area contributed by atoms with E-state index in [-0.39, 0.29) is 11.8 Å². The predicted molar refractivity (Wildman–Crippen MR) is 134 cm³/mol. The van der Waals surface area contributed by atoms with Crippen LogP contribution in [0, 0.1) is 12.8 Å². The molecule has 1 aromatic heterocycles. The van der Waals surface area contributed by atoms with E-state index in [1.54, 1.807) is 0 Å². The number of aryl methyl sites for hydroxylation is 1. The van der Waals surface area contributed by atoms with Gasteiger partial charge in [-0.05, 0) is 62.7 Å². The molecule has 0 spiro atoms. The van der Waals surface area contributed by atoms with Crippen LogP contribution in [0.25, 0.3) is 11.4 Å². The molecular weight excluding hydrogens is 440 g/mol. The summed E-state index contributed by atoms with van der Waals surface area (Å²) in [4.78, 5) is 19.7. The molecule has 178 valence electrons. The van der Waals surface area contributed by atoms with Crippen LogP contribution in [0.15, 0.2) is 83.4 Å². The summed E-state index contributed by atoms with van der Waals surface area (Å²) in [7, 11) is 0. The standard InChI is InChI=1S/C28H28N4O3/c1-20-9-11-21(12-10-20)27-30-26(35-31-27)19-32-17-5-6-22(18-32)28(33)29-23-13-15-25(16-14-23)34-24-7-3-2-4-8-24/h2-4,7-16,22H,5-6,17-19H2,1H3,(H,29,33). The number of nitrogens with zero attached hydrogens (tertiary/aromatic N) is 3. The summed E-state index contributed by atoms with van der Waals surface area (Å²) in [5, 5.41) is 7.17. The van der Waals surface area contributed by atoms with E-state index in [2.05, 4.69) is 20.4 Å². The first-order chi connectivity index (χ1) is 17.1. The Hall–Kier alpha value is -3.97. The molecule has 2 heterocycles. The van der Waals surface area contributed by atoms with Crippen LogP contribution in [0.1, 0.15) is 24.3 Å². The second kappa shape index (κ2) is 10.5. The molecule has 1 amide bonds. The van der Waals surface area contributed by atoms with E-state index in [1.165, 1.54) is 5.56 Å². The molecule has 4 aromatic rings. The molecule has 1 saturated heterocycles. The Morgan fingerprint density at radius 1 is 1.03 bits per heavy atom. The fraction of sp³-hybridized carbons (Fsp3) is 0.250. The molecule has 0 saturated carbocycles. The maximum atomic E-state index is 12.9. The summed E-state index contributed by atoms with van der Waals surface area (Å²) < 4.78 is 11.3. The smallest absolute Gasteiger partial charge is 0.241 e. The normalized spacial score (nSPS) is 16.1. The predicted octanol–water partition coefficient (Wildman–Crippen LogP) is 5.69. The topological polar surface area (TPSA) is 80.5 Å². The van der Waals surface area contributed by atoms with Gasteiger partial charge in [-0.15, -0.1) is 0 Å². The quantitative estimate of drug-likeness (QED) is 0.375. The number of piperidine rings is 1. The van der Waals surface area contributed by atoms with E-state index in [1.807, 2.05) is 85.8 Å². The number of hydrogen-bond donors (Lipinski definition) is 1. The van der Waals surface area contributed by atoms with E-state index < -0.39 is 0 Å². The summed E-state index contributed by atoms with van der Waals surface area (Å²) >= 11 is 0. The van der Waals surface area contributed by atoms with Crippen LogP contribution in [0.2, 0.25) is 0 Å². The number of benzene rings is 3. The number of rotatable bonds is 7. The molecule has 3 aromatic carbocycles. The average molecular weight is 469 g/mol. The molecule has 1 unspecified atom stereocenters. The van der Waals surface area contributed by atoms with Crippen LogP contribution in [0.3, 0.4) is 0 Å². The Labute approximate surface area is 204 Å². The first kappa shape index (κ1) is 22.8. The minimum Gasteiger partial charge on any atom is -0.457 e. The minimum absolute atomic E-state index is 0.0253. The van der Waals surface area contributed by atoms with Crippen LogP contribution in [0.4, 0.5) is 5.69 Å². The third kappa shape index (κ3) is 5.94. The van der Waals surface area contributed by atoms with E-state index in [9.17, 15) is 4.79 Å². The van der Waals surface area contributed by atoms with Crippen LogP contribution in [-0.4, -0.2) is 34.0 Å². The number of anilines is 1. The highest BCUT2D eigenvalue weighted by Gasteiger charge is 2.27. The zero-order valence-corrected chi connectivity index (χ0v) is 19.7. The fourth-order valence-corrected chi connectivity index (χ4v) is 4.22. The lowest BCUT2D eigenvalue weighted by atomic mass is 9.97. The van der Waals surface area contributed by atoms with Gasteiger partial charge in [0.25, 0.3) is 0 Å². The molecule has 0 aliphatic carbocycles. The summed E-state index contributed by atoms with van der Waals surface area (Å²) in [5.74, 6) is 2.59. The summed E-state index contributed by atoms with van der Waals surface area (Å²) in [6.45, 7) is 4.14. The third-order valence-corrected chi connectivity index (χ3v) is 6.11. The maximum Gasteiger partial charge on any atom is 0.241 e. The molecule has 1 N–H and O–H groups in total. The van der Waals surface area contributed by atoms with Gasteiger partial charge in [0, 0.05) is 17.8 Å². The Bertz CT molecular complexity index is 1250. The monoisotopic (exact) mass is 468 g/mol. The zero-order chi connectivity index (χ0) is 24.0. The van der Waals surface area contributed by atoms with Crippen molar-refractivity contribution in [3.05, 3.63) is 90.3 Å². The van der Waals surface area contributed by atoms with Gasteiger partial charge < -0.3 is 14.6 Å². The highest BCUT2D eigenvalue weighted by atomic mass is 16.5. The molecule has 1 fully saturated rings. The van der Waals surface area contributed by atoms with Crippen LogP contribution in [-0.2, 0) is 11.3 Å². The van der Waals surface area contributed by atoms with Gasteiger partial charge in [0.2, 0.25) is 17.6 Å². The number of carbonyl (C=O) groups excluding carboxylic acids is 1. The van der Waals surface area contributed by atoms with Gasteiger partial charge in [0.1, 0.15) is 11.5 Å². The van der Waals surface area contributed by atoms with Crippen LogP contribution < -0.4 is 10.1 Å². The van der Waals surface area contributed by atoms with Crippen molar-refractivity contribution in [3.8, 4) is 22.9 Å². The first-order valence-electron chi connectivity index (χ1n) is 11.9. The Morgan fingerprint density at radius 3 is 2.54 bits per heavy atom. The minimum atomic E-state index is -0.0940. The molecule has 0 radical (unpaired) electrons. The summed E-state index contributed by atoms with van der Waals surface area (Å²) in [6, 6.07) is 25.1. The number of ether oxygens (including phenoxy) is 1. The Balaban J connectivity index is 1.15. The molecule has 1 aliphatic heterocycles. The largest absolute Gasteiger partial charge is 0.457 e. The number of hydrogen-bond acceptors (Lipinski definition) is 6. The lowest BCUT2D eigenvalue weighted by Gasteiger charge is -2.30. The lowest BCUT2D eigenvalue weighted by Crippen LogP contribution is -2.40. The molecule has 1 atom stereocenters. The molecular formula is C28H28N4O3. The van der Waals surface area contributed by atoms with Gasteiger partial charge >= 0.3 is 0 Å². The van der Waals surface area contributed by atoms with Crippen molar-refractivity contribution in [1.82, 2.24) is 15.0 Å². The number of aromatic nitrogens is 2. The van der Waals surface area contributed by atoms with Gasteiger partial charge in [0.05, 0.1) is 12.5 Å². The second-order valence-electron chi connectivity index (χ2n) is 8.88. The van der Waals surface area contributed by atoms with E-state index in [4.69, 9.17) is 9.26 Å². The fourth-order valence-electron chi connectivity index (χ4n) is 4.22. The molecule has 7 heteroatoms. The van der Waals surface area contributed by atoms with Crippen molar-refractivity contribution >= 4 is 11.6 Å². The SMILES string of the molecule is Cc1ccc(-c2noc(CN3CCCC(C(=O)Nc4ccc(Oc5ccccc5)cc4)C3)n2)cc1. The number of para-hydroxylation sites is 1. The number of likely N-dealkylation sites (tertiary alicyclic amines) is 1. The van der Waals surface area contributed by atoms with Gasteiger partial charge in [-0.25, -0.2) is 0 Å². The molecule has 35 heavy (non-hydrogen) atoms. The second-order valence-corrected chi connectivity index (χ2v) is 8.88. The molecule has 5 rings (SSSR count). The highest BCUT2D eigenvalue weighted by Crippen LogP contribution is 2.25. The van der Waals surface area contributed by atoms with Crippen molar-refractivity contribution in [2.75, 3.05) is 18.4 Å². The van der Waals surface area contributed by atoms with E-state index in [0.29, 0.717) is 24.8 Å². The molecule has 7 nitrogen and oxygen atoms in total. The van der Waals surface area contributed by atoms with Crippen LogP contribution in [0.5, 0.6) is 11.5 Å². The van der Waals surface area contributed by atoms with Crippen molar-refractivity contribution in [1.29, 1.82) is 0 Å². The molecule has 0 bridgehead atoms. The van der Waals surface area contributed by atoms with E-state index >= 15 is 0 Å². The summed E-state index contributed by atoms with van der Waals surface area (Å²) in [6.07, 6.45) is 1.80. The van der Waals surface area contributed by atoms with Gasteiger partial charge in [-0.3, -0.25) is 9.69 Å². The lowest BCUT2D eigenvalue weighted by molar-refractivity contribution is -0.121. The number of carbonyl (C=O) groups is 1. The average Bonchev–Trinajstić information content (AvgIpc) is 3.35. The van der Waals surface area contributed by atoms with Crippen molar-refractivity contribution < 1.29 is 14.1 Å². The van der Waals surface area contributed by atoms with Gasteiger partial charge in [-0.1, -0.05) is 53.2 Å². The van der Waals surface area contributed by atoms with Gasteiger partial charge in [-0.2, -0.15) is 4.98 Å². The zero-order valence-electron chi connectivity index (χ0n) is 19.7. The van der Waals surface area contributed by atoms with Crippen molar-refractivity contribution in [2.45, 2.75) is 26.3 Å². The first-order valence-corrected chi connectivity index (χ1v) is 11.9. The van der Waals surface area contributed by atoms with Crippen molar-refractivity contribution in [2.24, 2.45) is 5.92 Å². The molecule has 1 aliphatic rings. The summed E-state index contributed by atoms with van der Waals surface area (Å²) in [5.41, 5.74) is 2.88. The maximum absolute atomic E-state index is 12.9. The van der Waals surface area contributed by atoms with E-state index in [0.717, 1.165) is 42.1 Å². The van der Waals surface area contributed by atoms with Crippen molar-refractivity contribution in [3.63, 3.8) is 0 Å². The highest BCUT2D eigenvalue weighted by molar-refractivity contribution is 5.92. The van der Waals surface area contributed by atoms with Crippen LogP contribution >= 0.6 is 0 Å². The Morgan fingerprint density at radius 2 is 1.77 bits per heavy atom. The Kier molecular flexibility index (Phi) is 6.86. The number of amides is 1. The number of nitrogens with one attached hydrogen (secondary N) is 1. The third-order valence-electron chi connectivity index (χ3n) is 6.11.